The van der Waals surface area contributed by atoms with Crippen LogP contribution in [0, 0.1) is 0 Å². The van der Waals surface area contributed by atoms with E-state index in [1.165, 1.54) is 26.2 Å². The van der Waals surface area contributed by atoms with E-state index < -0.39 is 10.0 Å². The van der Waals surface area contributed by atoms with Gasteiger partial charge in [-0.05, 0) is 19.3 Å². The van der Waals surface area contributed by atoms with Crippen LogP contribution in [0.1, 0.15) is 26.2 Å². The SMILES string of the molecule is CCCS(=O)(=O)N1CCC(NC(=NC)NCC2CN3CCN2CC3)CC1.I. The number of nitrogens with one attached hydrogen (secondary N) is 2. The Balaban J connectivity index is 0.00000261. The molecule has 4 aliphatic heterocycles. The van der Waals surface area contributed by atoms with Crippen LogP contribution in [0.25, 0.3) is 0 Å². The number of piperazine rings is 3. The number of fused-ring (bicyclic) bond motifs is 3. The van der Waals surface area contributed by atoms with Crippen molar-refractivity contribution in [3.8, 4) is 0 Å². The summed E-state index contributed by atoms with van der Waals surface area (Å²) < 4.78 is 26.0. The summed E-state index contributed by atoms with van der Waals surface area (Å²) in [6, 6.07) is 0.832. The van der Waals surface area contributed by atoms with Gasteiger partial charge in [0, 0.05) is 71.5 Å². The molecule has 2 bridgehead atoms. The van der Waals surface area contributed by atoms with Crippen LogP contribution in [0.3, 0.4) is 0 Å². The van der Waals surface area contributed by atoms with E-state index in [4.69, 9.17) is 0 Å². The first kappa shape index (κ1) is 23.1. The van der Waals surface area contributed by atoms with Gasteiger partial charge in [0.1, 0.15) is 0 Å². The van der Waals surface area contributed by atoms with Crippen LogP contribution >= 0.6 is 24.0 Å². The third kappa shape index (κ3) is 6.15. The molecule has 4 rings (SSSR count). The molecule has 158 valence electrons. The second kappa shape index (κ2) is 10.6. The molecule has 4 aliphatic rings. The highest BCUT2D eigenvalue weighted by Gasteiger charge is 2.32. The zero-order valence-corrected chi connectivity index (χ0v) is 19.7. The fraction of sp³-hybridized carbons (Fsp3) is 0.941. The number of hydrogen-bond acceptors (Lipinski definition) is 5. The van der Waals surface area contributed by atoms with E-state index in [-0.39, 0.29) is 35.8 Å². The van der Waals surface area contributed by atoms with Gasteiger partial charge in [-0.3, -0.25) is 14.8 Å². The van der Waals surface area contributed by atoms with E-state index in [9.17, 15) is 8.42 Å². The maximum atomic E-state index is 12.2. The lowest BCUT2D eigenvalue weighted by atomic mass is 10.1. The van der Waals surface area contributed by atoms with Crippen molar-refractivity contribution >= 4 is 40.0 Å². The molecule has 2 N–H and O–H groups in total. The Labute approximate surface area is 181 Å². The first-order valence-electron chi connectivity index (χ1n) is 9.93. The number of rotatable bonds is 6. The number of piperidine rings is 1. The van der Waals surface area contributed by atoms with E-state index in [1.807, 2.05) is 6.92 Å². The lowest BCUT2D eigenvalue weighted by molar-refractivity contribution is 0.0154. The maximum Gasteiger partial charge on any atom is 0.214 e. The molecule has 1 atom stereocenters. The van der Waals surface area contributed by atoms with Crippen LogP contribution in [-0.2, 0) is 10.0 Å². The molecule has 0 spiro atoms. The van der Waals surface area contributed by atoms with E-state index in [0.717, 1.165) is 31.9 Å². The lowest BCUT2D eigenvalue weighted by Crippen LogP contribution is -2.64. The standard InChI is InChI=1S/C17H34N6O2S.HI/c1-3-12-26(24,25)23-6-4-15(5-7-23)20-17(18-2)19-13-16-14-21-8-10-22(16)11-9-21;/h15-16H,3-14H2,1-2H3,(H2,18,19,20);1H. The van der Waals surface area contributed by atoms with Crippen molar-refractivity contribution in [2.45, 2.75) is 38.3 Å². The molecule has 0 aromatic carbocycles. The normalized spacial score (nSPS) is 30.0. The van der Waals surface area contributed by atoms with Crippen molar-refractivity contribution in [1.29, 1.82) is 0 Å². The van der Waals surface area contributed by atoms with E-state index in [2.05, 4.69) is 25.4 Å². The van der Waals surface area contributed by atoms with Gasteiger partial charge in [-0.25, -0.2) is 12.7 Å². The van der Waals surface area contributed by atoms with Crippen molar-refractivity contribution in [2.75, 3.05) is 65.2 Å². The van der Waals surface area contributed by atoms with Crippen LogP contribution in [0.15, 0.2) is 4.99 Å². The van der Waals surface area contributed by atoms with Gasteiger partial charge >= 0.3 is 0 Å². The zero-order valence-electron chi connectivity index (χ0n) is 16.6. The highest BCUT2D eigenvalue weighted by Crippen LogP contribution is 2.16. The molecule has 4 heterocycles. The highest BCUT2D eigenvalue weighted by atomic mass is 127. The number of halogens is 1. The fourth-order valence-electron chi connectivity index (χ4n) is 4.19. The van der Waals surface area contributed by atoms with Crippen LogP contribution in [0.4, 0.5) is 0 Å². The number of aliphatic imine (C=N–C) groups is 1. The summed E-state index contributed by atoms with van der Waals surface area (Å²) in [5.41, 5.74) is 0. The Morgan fingerprint density at radius 3 is 2.30 bits per heavy atom. The molecule has 0 aliphatic carbocycles. The summed E-state index contributed by atoms with van der Waals surface area (Å²) in [6.45, 7) is 9.88. The Morgan fingerprint density at radius 1 is 1.11 bits per heavy atom. The average Bonchev–Trinajstić information content (AvgIpc) is 2.66. The van der Waals surface area contributed by atoms with Crippen molar-refractivity contribution in [2.24, 2.45) is 4.99 Å². The summed E-state index contributed by atoms with van der Waals surface area (Å²) in [4.78, 5) is 9.46. The molecule has 1 unspecified atom stereocenters. The minimum Gasteiger partial charge on any atom is -0.355 e. The molecule has 0 aromatic rings. The van der Waals surface area contributed by atoms with Gasteiger partial charge in [-0.1, -0.05) is 6.92 Å². The van der Waals surface area contributed by atoms with E-state index >= 15 is 0 Å². The molecule has 4 saturated heterocycles. The van der Waals surface area contributed by atoms with Crippen LogP contribution in [0.2, 0.25) is 0 Å². The summed E-state index contributed by atoms with van der Waals surface area (Å²) >= 11 is 0. The molecule has 0 amide bonds. The Bertz CT molecular complexity index is 586. The largest absolute Gasteiger partial charge is 0.355 e. The lowest BCUT2D eigenvalue weighted by Gasteiger charge is -2.47. The summed E-state index contributed by atoms with van der Waals surface area (Å²) in [5, 5.41) is 6.95. The second-order valence-electron chi connectivity index (χ2n) is 7.58. The first-order chi connectivity index (χ1) is 12.5. The smallest absolute Gasteiger partial charge is 0.214 e. The Kier molecular flexibility index (Phi) is 9.04. The van der Waals surface area contributed by atoms with Crippen LogP contribution < -0.4 is 10.6 Å². The molecule has 27 heavy (non-hydrogen) atoms. The van der Waals surface area contributed by atoms with Crippen LogP contribution in [-0.4, -0.2) is 106 Å². The average molecular weight is 514 g/mol. The molecule has 0 aromatic heterocycles. The first-order valence-corrected chi connectivity index (χ1v) is 11.5. The quantitative estimate of drug-likeness (QED) is 0.295. The topological polar surface area (TPSA) is 80.3 Å². The van der Waals surface area contributed by atoms with Crippen molar-refractivity contribution in [3.05, 3.63) is 0 Å². The summed E-state index contributed by atoms with van der Waals surface area (Å²) in [6.07, 6.45) is 2.33. The van der Waals surface area contributed by atoms with Gasteiger partial charge in [0.25, 0.3) is 0 Å². The van der Waals surface area contributed by atoms with Gasteiger partial charge in [-0.15, -0.1) is 24.0 Å². The molecule has 10 heteroatoms. The maximum absolute atomic E-state index is 12.2. The molecular formula is C17H35IN6O2S. The Hall–Kier alpha value is -0.170. The van der Waals surface area contributed by atoms with Gasteiger partial charge in [-0.2, -0.15) is 0 Å². The summed E-state index contributed by atoms with van der Waals surface area (Å²) in [7, 11) is -1.27. The number of nitrogens with zero attached hydrogens (tertiary/aromatic N) is 4. The Morgan fingerprint density at radius 2 is 1.78 bits per heavy atom. The number of sulfonamides is 1. The van der Waals surface area contributed by atoms with Crippen molar-refractivity contribution in [1.82, 2.24) is 24.7 Å². The van der Waals surface area contributed by atoms with E-state index in [1.54, 1.807) is 11.4 Å². The molecule has 8 nitrogen and oxygen atoms in total. The van der Waals surface area contributed by atoms with Gasteiger partial charge in [0.2, 0.25) is 10.0 Å². The number of hydrogen-bond donors (Lipinski definition) is 2. The minimum atomic E-state index is -3.07. The monoisotopic (exact) mass is 514 g/mol. The third-order valence-corrected chi connectivity index (χ3v) is 7.85. The van der Waals surface area contributed by atoms with Gasteiger partial charge in [0.05, 0.1) is 5.75 Å². The fourth-order valence-corrected chi connectivity index (χ4v) is 5.73. The van der Waals surface area contributed by atoms with Crippen molar-refractivity contribution in [3.63, 3.8) is 0 Å². The minimum absolute atomic E-state index is 0. The second-order valence-corrected chi connectivity index (χ2v) is 9.67. The summed E-state index contributed by atoms with van der Waals surface area (Å²) in [5.74, 6) is 1.08. The van der Waals surface area contributed by atoms with E-state index in [0.29, 0.717) is 25.6 Å². The van der Waals surface area contributed by atoms with Crippen LogP contribution in [0.5, 0.6) is 0 Å². The molecule has 0 saturated carbocycles. The predicted octanol–water partition coefficient (Wildman–Crippen LogP) is -0.0266. The molecular weight excluding hydrogens is 479 g/mol. The predicted molar refractivity (Wildman–Crippen MR) is 120 cm³/mol. The van der Waals surface area contributed by atoms with Gasteiger partial charge < -0.3 is 10.6 Å². The highest BCUT2D eigenvalue weighted by molar-refractivity contribution is 14.0. The third-order valence-electron chi connectivity index (χ3n) is 5.77. The van der Waals surface area contributed by atoms with Crippen molar-refractivity contribution < 1.29 is 8.42 Å². The zero-order chi connectivity index (χ0) is 18.6. The number of guanidine groups is 1. The molecule has 0 radical (unpaired) electrons. The van der Waals surface area contributed by atoms with Gasteiger partial charge in [0.15, 0.2) is 5.96 Å². The molecule has 4 fully saturated rings.